The van der Waals surface area contributed by atoms with Crippen molar-refractivity contribution >= 4 is 50.8 Å². The smallest absolute Gasteiger partial charge is 0.341 e. The van der Waals surface area contributed by atoms with Gasteiger partial charge < -0.3 is 10.1 Å². The average Bonchev–Trinajstić information content (AvgIpc) is 2.89. The van der Waals surface area contributed by atoms with Crippen molar-refractivity contribution in [3.63, 3.8) is 0 Å². The molecular weight excluding hydrogens is 324 g/mol. The number of hydrogen-bond acceptors (Lipinski definition) is 7. The van der Waals surface area contributed by atoms with Crippen molar-refractivity contribution in [2.24, 2.45) is 0 Å². The zero-order valence-corrected chi connectivity index (χ0v) is 14.1. The third kappa shape index (κ3) is 3.38. The van der Waals surface area contributed by atoms with Crippen LogP contribution in [0.25, 0.3) is 0 Å². The fourth-order valence-electron chi connectivity index (χ4n) is 2.12. The third-order valence-electron chi connectivity index (χ3n) is 3.38. The number of aryl methyl sites for hydroxylation is 1. The first kappa shape index (κ1) is 16.7. The van der Waals surface area contributed by atoms with Gasteiger partial charge in [0.2, 0.25) is 5.91 Å². The van der Waals surface area contributed by atoms with E-state index in [1.807, 2.05) is 6.92 Å². The molecule has 1 unspecified atom stereocenters. The van der Waals surface area contributed by atoms with E-state index < -0.39 is 11.2 Å². The summed E-state index contributed by atoms with van der Waals surface area (Å²) in [6.07, 6.45) is 0.107. The normalized spacial score (nSPS) is 17.7. The predicted molar refractivity (Wildman–Crippen MR) is 87.1 cm³/mol. The van der Waals surface area contributed by atoms with Gasteiger partial charge in [-0.2, -0.15) is 0 Å². The summed E-state index contributed by atoms with van der Waals surface area (Å²) in [5, 5.41) is 10.4. The second kappa shape index (κ2) is 6.62. The van der Waals surface area contributed by atoms with E-state index in [9.17, 15) is 14.4 Å². The number of methoxy groups -OCH3 is 1. The lowest BCUT2D eigenvalue weighted by Gasteiger charge is -2.08. The number of esters is 1. The van der Waals surface area contributed by atoms with Crippen molar-refractivity contribution in [2.45, 2.75) is 31.9 Å². The number of Topliss-reactive ketones (excluding diaryl/α,β-unsaturated/α-hetero) is 1. The third-order valence-corrected chi connectivity index (χ3v) is 5.64. The van der Waals surface area contributed by atoms with E-state index in [2.05, 4.69) is 5.32 Å². The van der Waals surface area contributed by atoms with Crippen molar-refractivity contribution < 1.29 is 19.1 Å². The molecule has 1 amide bonds. The highest BCUT2D eigenvalue weighted by Crippen LogP contribution is 2.34. The minimum absolute atomic E-state index is 0.00247. The highest BCUT2D eigenvalue weighted by atomic mass is 32.2. The highest BCUT2D eigenvalue weighted by molar-refractivity contribution is 8.15. The number of ketones is 1. The van der Waals surface area contributed by atoms with Gasteiger partial charge in [-0.3, -0.25) is 15.0 Å². The highest BCUT2D eigenvalue weighted by Gasteiger charge is 2.32. The molecule has 1 aliphatic heterocycles. The maximum atomic E-state index is 12.1. The molecule has 0 aliphatic carbocycles. The number of hydrogen-bond donors (Lipinski definition) is 2. The van der Waals surface area contributed by atoms with Crippen molar-refractivity contribution in [2.75, 3.05) is 12.4 Å². The first-order chi connectivity index (χ1) is 10.3. The zero-order chi connectivity index (χ0) is 16.4. The van der Waals surface area contributed by atoms with Crippen LogP contribution in [-0.2, 0) is 14.3 Å². The molecule has 118 valence electrons. The van der Waals surface area contributed by atoms with Crippen molar-refractivity contribution in [1.29, 1.82) is 5.41 Å². The topological polar surface area (TPSA) is 96.3 Å². The fourth-order valence-corrected chi connectivity index (χ4v) is 4.20. The van der Waals surface area contributed by atoms with E-state index in [1.165, 1.54) is 18.4 Å². The van der Waals surface area contributed by atoms with Gasteiger partial charge in [0, 0.05) is 11.3 Å². The predicted octanol–water partition coefficient (Wildman–Crippen LogP) is 2.53. The Bertz CT molecular complexity index is 666. The molecule has 8 heteroatoms. The molecular formula is C14H16N2O4S2. The van der Waals surface area contributed by atoms with Gasteiger partial charge in [0.05, 0.1) is 29.4 Å². The molecule has 1 aliphatic rings. The molecule has 2 N–H and O–H groups in total. The standard InChI is InChI=1S/C14H16N2O4S2/c1-6-7(2)21-13(12(6)14(19)20-3)16-11(18)5-9-8(17)4-10(15)22-9/h9,15H,4-5H2,1-3H3,(H,16,18). The lowest BCUT2D eigenvalue weighted by Crippen LogP contribution is -2.21. The monoisotopic (exact) mass is 340 g/mol. The van der Waals surface area contributed by atoms with Crippen molar-refractivity contribution in [1.82, 2.24) is 0 Å². The number of thiophene rings is 1. The van der Waals surface area contributed by atoms with E-state index in [1.54, 1.807) is 6.92 Å². The fraction of sp³-hybridized carbons (Fsp3) is 0.429. The summed E-state index contributed by atoms with van der Waals surface area (Å²) in [5.74, 6) is -0.936. The van der Waals surface area contributed by atoms with Gasteiger partial charge >= 0.3 is 5.97 Å². The summed E-state index contributed by atoms with van der Waals surface area (Å²) in [7, 11) is 1.29. The molecule has 0 bridgehead atoms. The minimum atomic E-state index is -0.503. The number of anilines is 1. The number of amides is 1. The molecule has 1 atom stereocenters. The van der Waals surface area contributed by atoms with Crippen LogP contribution < -0.4 is 5.32 Å². The second-order valence-corrected chi connectivity index (χ2v) is 7.43. The summed E-state index contributed by atoms with van der Waals surface area (Å²) in [6, 6.07) is 0. The van der Waals surface area contributed by atoms with Gasteiger partial charge in [-0.25, -0.2) is 4.79 Å². The average molecular weight is 340 g/mol. The Morgan fingerprint density at radius 1 is 1.41 bits per heavy atom. The lowest BCUT2D eigenvalue weighted by atomic mass is 10.1. The summed E-state index contributed by atoms with van der Waals surface area (Å²) < 4.78 is 4.75. The molecule has 1 aromatic rings. The maximum absolute atomic E-state index is 12.1. The van der Waals surface area contributed by atoms with E-state index in [0.717, 1.165) is 22.2 Å². The van der Waals surface area contributed by atoms with Gasteiger partial charge in [-0.05, 0) is 19.4 Å². The molecule has 1 fully saturated rings. The van der Waals surface area contributed by atoms with Gasteiger partial charge in [-0.15, -0.1) is 11.3 Å². The first-order valence-electron chi connectivity index (χ1n) is 6.58. The molecule has 1 aromatic heterocycles. The maximum Gasteiger partial charge on any atom is 0.341 e. The Balaban J connectivity index is 2.12. The summed E-state index contributed by atoms with van der Waals surface area (Å²) in [5.41, 5.74) is 1.14. The van der Waals surface area contributed by atoms with Crippen LogP contribution >= 0.6 is 23.1 Å². The van der Waals surface area contributed by atoms with E-state index in [-0.39, 0.29) is 24.5 Å². The van der Waals surface area contributed by atoms with Crippen LogP contribution in [0.2, 0.25) is 0 Å². The number of carbonyl (C=O) groups excluding carboxylic acids is 3. The largest absolute Gasteiger partial charge is 0.465 e. The van der Waals surface area contributed by atoms with E-state index in [0.29, 0.717) is 15.6 Å². The summed E-state index contributed by atoms with van der Waals surface area (Å²) in [4.78, 5) is 36.5. The number of thioether (sulfide) groups is 1. The lowest BCUT2D eigenvalue weighted by molar-refractivity contribution is -0.121. The molecule has 0 spiro atoms. The Labute approximate surface area is 136 Å². The van der Waals surface area contributed by atoms with Crippen LogP contribution in [0.15, 0.2) is 0 Å². The molecule has 22 heavy (non-hydrogen) atoms. The Morgan fingerprint density at radius 3 is 2.64 bits per heavy atom. The minimum Gasteiger partial charge on any atom is -0.465 e. The van der Waals surface area contributed by atoms with Gasteiger partial charge in [0.15, 0.2) is 5.78 Å². The van der Waals surface area contributed by atoms with Crippen LogP contribution in [0.4, 0.5) is 5.00 Å². The molecule has 2 heterocycles. The van der Waals surface area contributed by atoms with Crippen LogP contribution in [0.5, 0.6) is 0 Å². The van der Waals surface area contributed by atoms with Crippen LogP contribution in [-0.4, -0.2) is 35.1 Å². The van der Waals surface area contributed by atoms with Crippen molar-refractivity contribution in [3.8, 4) is 0 Å². The van der Waals surface area contributed by atoms with Crippen LogP contribution in [0, 0.1) is 19.3 Å². The quantitative estimate of drug-likeness (QED) is 0.821. The number of carbonyl (C=O) groups is 3. The Hall–Kier alpha value is -1.67. The molecule has 0 aromatic carbocycles. The van der Waals surface area contributed by atoms with E-state index in [4.69, 9.17) is 10.1 Å². The Morgan fingerprint density at radius 2 is 2.09 bits per heavy atom. The number of nitrogens with one attached hydrogen (secondary N) is 2. The summed E-state index contributed by atoms with van der Waals surface area (Å²) >= 11 is 2.43. The Kier molecular flexibility index (Phi) is 5.02. The van der Waals surface area contributed by atoms with Gasteiger partial charge in [0.1, 0.15) is 5.00 Å². The van der Waals surface area contributed by atoms with Crippen LogP contribution in [0.3, 0.4) is 0 Å². The van der Waals surface area contributed by atoms with E-state index >= 15 is 0 Å². The molecule has 1 saturated heterocycles. The molecule has 0 radical (unpaired) electrons. The number of ether oxygens (including phenoxy) is 1. The van der Waals surface area contributed by atoms with Gasteiger partial charge in [0.25, 0.3) is 0 Å². The van der Waals surface area contributed by atoms with Crippen molar-refractivity contribution in [3.05, 3.63) is 16.0 Å². The summed E-state index contributed by atoms with van der Waals surface area (Å²) in [6.45, 7) is 3.66. The zero-order valence-electron chi connectivity index (χ0n) is 12.4. The number of rotatable bonds is 4. The SMILES string of the molecule is COC(=O)c1c(NC(=O)CC2SC(=N)CC2=O)sc(C)c1C. The molecule has 6 nitrogen and oxygen atoms in total. The molecule has 2 rings (SSSR count). The second-order valence-electron chi connectivity index (χ2n) is 4.90. The van der Waals surface area contributed by atoms with Crippen LogP contribution in [0.1, 0.15) is 33.6 Å². The molecule has 0 saturated carbocycles. The first-order valence-corrected chi connectivity index (χ1v) is 8.28. The van der Waals surface area contributed by atoms with Gasteiger partial charge in [-0.1, -0.05) is 11.8 Å².